The number of carbonyl (C=O) groups excluding carboxylic acids is 1. The van der Waals surface area contributed by atoms with E-state index in [9.17, 15) is 9.90 Å². The molecule has 3 nitrogen and oxygen atoms in total. The molecule has 0 aromatic heterocycles. The van der Waals surface area contributed by atoms with Gasteiger partial charge in [0, 0.05) is 19.5 Å². The van der Waals surface area contributed by atoms with Crippen LogP contribution in [0.25, 0.3) is 0 Å². The molecule has 1 atom stereocenters. The highest BCUT2D eigenvalue weighted by Crippen LogP contribution is 2.33. The van der Waals surface area contributed by atoms with Gasteiger partial charge in [-0.1, -0.05) is 0 Å². The first-order valence-corrected chi connectivity index (χ1v) is 4.73. The lowest BCUT2D eigenvalue weighted by Crippen LogP contribution is -2.34. The second-order valence-electron chi connectivity index (χ2n) is 3.85. The molecule has 3 heteroatoms. The fraction of sp³-hybridized carbons (Fsp3) is 0.889. The summed E-state index contributed by atoms with van der Waals surface area (Å²) in [6.07, 6.45) is 3.67. The number of amides is 1. The van der Waals surface area contributed by atoms with Crippen LogP contribution >= 0.6 is 0 Å². The van der Waals surface area contributed by atoms with E-state index in [0.29, 0.717) is 18.9 Å². The fourth-order valence-corrected chi connectivity index (χ4v) is 1.75. The minimum atomic E-state index is -0.257. The van der Waals surface area contributed by atoms with E-state index >= 15 is 0 Å². The number of carbonyl (C=O) groups is 1. The summed E-state index contributed by atoms with van der Waals surface area (Å²) in [4.78, 5) is 13.0. The largest absolute Gasteiger partial charge is 0.391 e. The van der Waals surface area contributed by atoms with Gasteiger partial charge in [-0.05, 0) is 25.2 Å². The number of nitrogens with zero attached hydrogens (tertiary/aromatic N) is 1. The third-order valence-corrected chi connectivity index (χ3v) is 2.74. The van der Waals surface area contributed by atoms with Gasteiger partial charge in [0.1, 0.15) is 0 Å². The van der Waals surface area contributed by atoms with Gasteiger partial charge in [-0.25, -0.2) is 0 Å². The minimum absolute atomic E-state index is 0.217. The molecule has 1 N–H and O–H groups in total. The summed E-state index contributed by atoms with van der Waals surface area (Å²) in [7, 11) is 0. The van der Waals surface area contributed by atoms with Crippen LogP contribution in [0.3, 0.4) is 0 Å². The van der Waals surface area contributed by atoms with Crippen molar-refractivity contribution in [1.82, 2.24) is 4.90 Å². The minimum Gasteiger partial charge on any atom is -0.391 e. The summed E-state index contributed by atoms with van der Waals surface area (Å²) in [5, 5.41) is 9.57. The predicted octanol–water partition coefficient (Wildman–Crippen LogP) is 0.380. The quantitative estimate of drug-likeness (QED) is 0.663. The Bertz CT molecular complexity index is 189. The first kappa shape index (κ1) is 8.05. The Balaban J connectivity index is 1.80. The SMILES string of the molecule is O=C1CCCN1CC(O)C1CC1. The molecule has 2 rings (SSSR count). The average Bonchev–Trinajstić information content (AvgIpc) is 2.80. The van der Waals surface area contributed by atoms with Crippen LogP contribution in [0.5, 0.6) is 0 Å². The Labute approximate surface area is 72.4 Å². The van der Waals surface area contributed by atoms with Gasteiger partial charge in [0.25, 0.3) is 0 Å². The topological polar surface area (TPSA) is 40.5 Å². The molecule has 1 saturated carbocycles. The van der Waals surface area contributed by atoms with Crippen molar-refractivity contribution in [2.24, 2.45) is 5.92 Å². The molecule has 12 heavy (non-hydrogen) atoms. The Morgan fingerprint density at radius 1 is 1.58 bits per heavy atom. The zero-order valence-corrected chi connectivity index (χ0v) is 7.20. The van der Waals surface area contributed by atoms with Gasteiger partial charge >= 0.3 is 0 Å². The number of hydrogen-bond acceptors (Lipinski definition) is 2. The Kier molecular flexibility index (Phi) is 2.05. The Morgan fingerprint density at radius 2 is 2.33 bits per heavy atom. The molecule has 1 aliphatic heterocycles. The highest BCUT2D eigenvalue weighted by molar-refractivity contribution is 5.78. The molecule has 0 aromatic carbocycles. The molecule has 0 aromatic rings. The molecular formula is C9H15NO2. The van der Waals surface area contributed by atoms with E-state index in [0.717, 1.165) is 25.8 Å². The molecule has 0 spiro atoms. The molecular weight excluding hydrogens is 154 g/mol. The second-order valence-corrected chi connectivity index (χ2v) is 3.85. The molecule has 68 valence electrons. The lowest BCUT2D eigenvalue weighted by atomic mass is 10.2. The molecule has 1 heterocycles. The molecule has 0 bridgehead atoms. The van der Waals surface area contributed by atoms with Crippen LogP contribution in [-0.2, 0) is 4.79 Å². The molecule has 1 amide bonds. The number of hydrogen-bond donors (Lipinski definition) is 1. The van der Waals surface area contributed by atoms with Crippen LogP contribution < -0.4 is 0 Å². The average molecular weight is 169 g/mol. The highest BCUT2D eigenvalue weighted by atomic mass is 16.3. The predicted molar refractivity (Wildman–Crippen MR) is 44.5 cm³/mol. The van der Waals surface area contributed by atoms with Crippen molar-refractivity contribution in [3.05, 3.63) is 0 Å². The van der Waals surface area contributed by atoms with Gasteiger partial charge in [-0.15, -0.1) is 0 Å². The lowest BCUT2D eigenvalue weighted by molar-refractivity contribution is -0.129. The summed E-state index contributed by atoms with van der Waals surface area (Å²) in [6, 6.07) is 0. The standard InChI is InChI=1S/C9H15NO2/c11-8(7-3-4-7)6-10-5-1-2-9(10)12/h7-8,11H,1-6H2. The summed E-state index contributed by atoms with van der Waals surface area (Å²) < 4.78 is 0. The van der Waals surface area contributed by atoms with Crippen molar-refractivity contribution >= 4 is 5.91 Å². The highest BCUT2D eigenvalue weighted by Gasteiger charge is 2.32. The maximum absolute atomic E-state index is 11.2. The van der Waals surface area contributed by atoms with Crippen LogP contribution in [0.2, 0.25) is 0 Å². The maximum Gasteiger partial charge on any atom is 0.222 e. The maximum atomic E-state index is 11.2. The normalized spacial score (nSPS) is 26.4. The smallest absolute Gasteiger partial charge is 0.222 e. The van der Waals surface area contributed by atoms with Gasteiger partial charge in [0.15, 0.2) is 0 Å². The first-order valence-electron chi connectivity index (χ1n) is 4.73. The van der Waals surface area contributed by atoms with Gasteiger partial charge in [-0.3, -0.25) is 4.79 Å². The third-order valence-electron chi connectivity index (χ3n) is 2.74. The van der Waals surface area contributed by atoms with Crippen molar-refractivity contribution < 1.29 is 9.90 Å². The number of rotatable bonds is 3. The van der Waals surface area contributed by atoms with Crippen molar-refractivity contribution in [2.75, 3.05) is 13.1 Å². The van der Waals surface area contributed by atoms with Crippen molar-refractivity contribution in [2.45, 2.75) is 31.8 Å². The van der Waals surface area contributed by atoms with E-state index in [1.807, 2.05) is 0 Å². The Morgan fingerprint density at radius 3 is 2.83 bits per heavy atom. The van der Waals surface area contributed by atoms with Crippen LogP contribution in [0, 0.1) is 5.92 Å². The van der Waals surface area contributed by atoms with E-state index in [1.54, 1.807) is 4.90 Å². The van der Waals surface area contributed by atoms with Crippen LogP contribution in [0.4, 0.5) is 0 Å². The van der Waals surface area contributed by atoms with Crippen LogP contribution in [-0.4, -0.2) is 35.1 Å². The number of aliphatic hydroxyl groups is 1. The molecule has 2 fully saturated rings. The monoisotopic (exact) mass is 169 g/mol. The second kappa shape index (κ2) is 3.05. The first-order chi connectivity index (χ1) is 5.77. The molecule has 2 aliphatic rings. The summed E-state index contributed by atoms with van der Waals surface area (Å²) in [5.41, 5.74) is 0. The van der Waals surface area contributed by atoms with Gasteiger partial charge < -0.3 is 10.0 Å². The molecule has 0 radical (unpaired) electrons. The molecule has 1 saturated heterocycles. The lowest BCUT2D eigenvalue weighted by Gasteiger charge is -2.19. The number of likely N-dealkylation sites (tertiary alicyclic amines) is 1. The summed E-state index contributed by atoms with van der Waals surface area (Å²) in [5.74, 6) is 0.702. The van der Waals surface area contributed by atoms with E-state index in [4.69, 9.17) is 0 Å². The third kappa shape index (κ3) is 1.61. The molecule has 1 unspecified atom stereocenters. The Hall–Kier alpha value is -0.570. The van der Waals surface area contributed by atoms with E-state index < -0.39 is 0 Å². The summed E-state index contributed by atoms with van der Waals surface area (Å²) in [6.45, 7) is 1.42. The zero-order valence-electron chi connectivity index (χ0n) is 7.20. The van der Waals surface area contributed by atoms with Gasteiger partial charge in [0.2, 0.25) is 5.91 Å². The van der Waals surface area contributed by atoms with E-state index in [-0.39, 0.29) is 12.0 Å². The van der Waals surface area contributed by atoms with Crippen molar-refractivity contribution in [3.63, 3.8) is 0 Å². The fourth-order valence-electron chi connectivity index (χ4n) is 1.75. The number of aliphatic hydroxyl groups excluding tert-OH is 1. The number of β-amino-alcohol motifs (C(OH)–C–C–N with tert-alkyl or cyclic N) is 1. The zero-order chi connectivity index (χ0) is 8.55. The van der Waals surface area contributed by atoms with E-state index in [1.165, 1.54) is 0 Å². The van der Waals surface area contributed by atoms with Crippen molar-refractivity contribution in [3.8, 4) is 0 Å². The van der Waals surface area contributed by atoms with Gasteiger partial charge in [0.05, 0.1) is 6.10 Å². The molecule has 1 aliphatic carbocycles. The van der Waals surface area contributed by atoms with Gasteiger partial charge in [-0.2, -0.15) is 0 Å². The van der Waals surface area contributed by atoms with Crippen molar-refractivity contribution in [1.29, 1.82) is 0 Å². The summed E-state index contributed by atoms with van der Waals surface area (Å²) >= 11 is 0. The van der Waals surface area contributed by atoms with Crippen LogP contribution in [0.1, 0.15) is 25.7 Å². The van der Waals surface area contributed by atoms with E-state index in [2.05, 4.69) is 0 Å². The van der Waals surface area contributed by atoms with Crippen LogP contribution in [0.15, 0.2) is 0 Å².